The van der Waals surface area contributed by atoms with E-state index in [1.165, 1.54) is 5.56 Å². The van der Waals surface area contributed by atoms with E-state index in [-0.39, 0.29) is 11.3 Å². The smallest absolute Gasteiger partial charge is 0.227 e. The largest absolute Gasteiger partial charge is 0.342 e. The lowest BCUT2D eigenvalue weighted by molar-refractivity contribution is -0.140. The fraction of sp³-hybridized carbons (Fsp3) is 0.647. The fourth-order valence-electron chi connectivity index (χ4n) is 2.63. The highest BCUT2D eigenvalue weighted by atomic mass is 16.2. The number of nitrogens with one attached hydrogen (secondary N) is 1. The third-order valence-electron chi connectivity index (χ3n) is 3.99. The third kappa shape index (κ3) is 4.53. The Bertz CT molecular complexity index is 468. The topological polar surface area (TPSA) is 45.2 Å². The Labute approximate surface area is 127 Å². The molecular formula is C17H27N3O. The molecule has 0 atom stereocenters. The summed E-state index contributed by atoms with van der Waals surface area (Å²) in [4.78, 5) is 18.6. The molecule has 4 heteroatoms. The fourth-order valence-corrected chi connectivity index (χ4v) is 2.63. The van der Waals surface area contributed by atoms with Gasteiger partial charge in [0.1, 0.15) is 0 Å². The van der Waals surface area contributed by atoms with Gasteiger partial charge in [0.15, 0.2) is 0 Å². The summed E-state index contributed by atoms with van der Waals surface area (Å²) in [5.74, 6) is 0.267. The van der Waals surface area contributed by atoms with Crippen LogP contribution in [0.2, 0.25) is 0 Å². The van der Waals surface area contributed by atoms with Crippen LogP contribution in [0.1, 0.15) is 44.9 Å². The van der Waals surface area contributed by atoms with Gasteiger partial charge in [-0.05, 0) is 31.4 Å². The molecule has 2 rings (SSSR count). The van der Waals surface area contributed by atoms with E-state index >= 15 is 0 Å². The van der Waals surface area contributed by atoms with Crippen LogP contribution in [-0.4, -0.2) is 34.9 Å². The zero-order valence-electron chi connectivity index (χ0n) is 13.6. The number of hydrogen-bond donors (Lipinski definition) is 1. The maximum absolute atomic E-state index is 12.2. The van der Waals surface area contributed by atoms with Gasteiger partial charge in [0, 0.05) is 43.0 Å². The molecule has 0 spiro atoms. The van der Waals surface area contributed by atoms with Gasteiger partial charge in [-0.15, -0.1) is 0 Å². The first-order valence-electron chi connectivity index (χ1n) is 7.80. The molecule has 4 nitrogen and oxygen atoms in total. The van der Waals surface area contributed by atoms with Crippen LogP contribution in [0.5, 0.6) is 0 Å². The molecule has 1 saturated heterocycles. The number of likely N-dealkylation sites (tertiary alicyclic amines) is 1. The second-order valence-electron chi connectivity index (χ2n) is 7.01. The minimum atomic E-state index is -0.270. The lowest BCUT2D eigenvalue weighted by Crippen LogP contribution is -2.48. The van der Waals surface area contributed by atoms with Crippen LogP contribution in [0.4, 0.5) is 0 Å². The van der Waals surface area contributed by atoms with E-state index in [1.807, 2.05) is 44.9 Å². The van der Waals surface area contributed by atoms with Crippen molar-refractivity contribution in [2.24, 2.45) is 5.41 Å². The molecule has 1 fully saturated rings. The highest BCUT2D eigenvalue weighted by Crippen LogP contribution is 2.21. The van der Waals surface area contributed by atoms with E-state index in [4.69, 9.17) is 0 Å². The molecule has 0 bridgehead atoms. The Morgan fingerprint density at radius 2 is 2.00 bits per heavy atom. The third-order valence-corrected chi connectivity index (χ3v) is 3.99. The van der Waals surface area contributed by atoms with Gasteiger partial charge < -0.3 is 10.2 Å². The number of amides is 1. The molecule has 1 aliphatic heterocycles. The maximum Gasteiger partial charge on any atom is 0.227 e. The molecule has 21 heavy (non-hydrogen) atoms. The summed E-state index contributed by atoms with van der Waals surface area (Å²) in [6.45, 7) is 10.5. The van der Waals surface area contributed by atoms with Gasteiger partial charge >= 0.3 is 0 Å². The van der Waals surface area contributed by atoms with Crippen molar-refractivity contribution in [1.82, 2.24) is 15.2 Å². The summed E-state index contributed by atoms with van der Waals surface area (Å²) < 4.78 is 0. The van der Waals surface area contributed by atoms with Crippen molar-refractivity contribution < 1.29 is 4.79 Å². The second-order valence-corrected chi connectivity index (χ2v) is 7.01. The van der Waals surface area contributed by atoms with Gasteiger partial charge in [0.2, 0.25) is 5.91 Å². The van der Waals surface area contributed by atoms with Crippen molar-refractivity contribution in [3.63, 3.8) is 0 Å². The average Bonchev–Trinajstić information content (AvgIpc) is 2.45. The molecule has 1 aromatic heterocycles. The van der Waals surface area contributed by atoms with Gasteiger partial charge in [0.25, 0.3) is 0 Å². The van der Waals surface area contributed by atoms with Gasteiger partial charge in [-0.3, -0.25) is 9.78 Å². The Morgan fingerprint density at radius 3 is 2.52 bits per heavy atom. The van der Waals surface area contributed by atoms with Crippen molar-refractivity contribution in [2.75, 3.05) is 13.1 Å². The molecule has 0 saturated carbocycles. The van der Waals surface area contributed by atoms with Crippen LogP contribution in [0, 0.1) is 12.3 Å². The van der Waals surface area contributed by atoms with Crippen molar-refractivity contribution in [3.05, 3.63) is 29.6 Å². The molecule has 0 radical (unpaired) electrons. The number of aryl methyl sites for hydroxylation is 1. The number of pyridine rings is 1. The van der Waals surface area contributed by atoms with E-state index in [0.29, 0.717) is 6.04 Å². The SMILES string of the molecule is Cc1ccc(CNC2CCN(C(=O)C(C)(C)C)CC2)cn1. The number of carbonyl (C=O) groups is 1. The summed E-state index contributed by atoms with van der Waals surface area (Å²) >= 11 is 0. The van der Waals surface area contributed by atoms with Crippen LogP contribution < -0.4 is 5.32 Å². The highest BCUT2D eigenvalue weighted by Gasteiger charge is 2.30. The van der Waals surface area contributed by atoms with E-state index < -0.39 is 0 Å². The van der Waals surface area contributed by atoms with Crippen molar-refractivity contribution in [2.45, 2.75) is 53.1 Å². The summed E-state index contributed by atoms with van der Waals surface area (Å²) in [6, 6.07) is 4.66. The Kier molecular flexibility index (Phi) is 4.99. The van der Waals surface area contributed by atoms with Crippen LogP contribution in [0.3, 0.4) is 0 Å². The Balaban J connectivity index is 1.77. The van der Waals surface area contributed by atoms with Crippen molar-refractivity contribution in [3.8, 4) is 0 Å². The summed E-state index contributed by atoms with van der Waals surface area (Å²) in [5.41, 5.74) is 2.00. The minimum Gasteiger partial charge on any atom is -0.342 e. The minimum absolute atomic E-state index is 0.267. The monoisotopic (exact) mass is 289 g/mol. The standard InChI is InChI=1S/C17H27N3O/c1-13-5-6-14(11-18-13)12-19-15-7-9-20(10-8-15)16(21)17(2,3)4/h5-6,11,15,19H,7-10,12H2,1-4H3. The molecule has 116 valence electrons. The second kappa shape index (κ2) is 6.56. The van der Waals surface area contributed by atoms with E-state index in [9.17, 15) is 4.79 Å². The molecule has 0 aromatic carbocycles. The van der Waals surface area contributed by atoms with E-state index in [1.54, 1.807) is 0 Å². The summed E-state index contributed by atoms with van der Waals surface area (Å²) in [6.07, 6.45) is 3.99. The number of carbonyl (C=O) groups excluding carboxylic acids is 1. The summed E-state index contributed by atoms with van der Waals surface area (Å²) in [5, 5.41) is 3.58. The molecule has 0 unspecified atom stereocenters. The zero-order valence-corrected chi connectivity index (χ0v) is 13.6. The van der Waals surface area contributed by atoms with Gasteiger partial charge in [-0.1, -0.05) is 26.8 Å². The predicted molar refractivity (Wildman–Crippen MR) is 84.9 cm³/mol. The molecule has 1 amide bonds. The molecule has 1 aromatic rings. The predicted octanol–water partition coefficient (Wildman–Crippen LogP) is 2.52. The van der Waals surface area contributed by atoms with Crippen LogP contribution in [-0.2, 0) is 11.3 Å². The number of rotatable bonds is 3. The van der Waals surface area contributed by atoms with Crippen LogP contribution in [0.25, 0.3) is 0 Å². The number of piperidine rings is 1. The zero-order chi connectivity index (χ0) is 15.5. The van der Waals surface area contributed by atoms with E-state index in [2.05, 4.69) is 16.4 Å². The number of aromatic nitrogens is 1. The van der Waals surface area contributed by atoms with Gasteiger partial charge in [-0.2, -0.15) is 0 Å². The lowest BCUT2D eigenvalue weighted by Gasteiger charge is -2.36. The normalized spacial score (nSPS) is 17.0. The summed E-state index contributed by atoms with van der Waals surface area (Å²) in [7, 11) is 0. The highest BCUT2D eigenvalue weighted by molar-refractivity contribution is 5.81. The molecular weight excluding hydrogens is 262 g/mol. The first-order chi connectivity index (χ1) is 9.86. The van der Waals surface area contributed by atoms with Gasteiger partial charge in [0.05, 0.1) is 0 Å². The molecule has 1 N–H and O–H groups in total. The van der Waals surface area contributed by atoms with Crippen molar-refractivity contribution >= 4 is 5.91 Å². The van der Waals surface area contributed by atoms with Crippen LogP contribution in [0.15, 0.2) is 18.3 Å². The Hall–Kier alpha value is -1.42. The Morgan fingerprint density at radius 1 is 1.33 bits per heavy atom. The van der Waals surface area contributed by atoms with Crippen LogP contribution >= 0.6 is 0 Å². The maximum atomic E-state index is 12.2. The number of hydrogen-bond acceptors (Lipinski definition) is 3. The first-order valence-corrected chi connectivity index (χ1v) is 7.80. The first kappa shape index (κ1) is 16.0. The van der Waals surface area contributed by atoms with Gasteiger partial charge in [-0.25, -0.2) is 0 Å². The van der Waals surface area contributed by atoms with E-state index in [0.717, 1.165) is 38.2 Å². The average molecular weight is 289 g/mol. The number of nitrogens with zero attached hydrogens (tertiary/aromatic N) is 2. The lowest BCUT2D eigenvalue weighted by atomic mass is 9.93. The van der Waals surface area contributed by atoms with Crippen molar-refractivity contribution in [1.29, 1.82) is 0 Å². The molecule has 1 aliphatic rings. The quantitative estimate of drug-likeness (QED) is 0.930. The molecule has 2 heterocycles. The molecule has 0 aliphatic carbocycles.